The van der Waals surface area contributed by atoms with Gasteiger partial charge in [-0.05, 0) is 46.7 Å². The molecular formula is C14H21N3O2. The molecule has 0 radical (unpaired) electrons. The molecule has 0 unspecified atom stereocenters. The van der Waals surface area contributed by atoms with Gasteiger partial charge in [-0.2, -0.15) is 0 Å². The summed E-state index contributed by atoms with van der Waals surface area (Å²) in [4.78, 5) is 0. The molecule has 5 heteroatoms. The number of furan rings is 1. The van der Waals surface area contributed by atoms with Crippen molar-refractivity contribution in [3.8, 4) is 11.7 Å². The van der Waals surface area contributed by atoms with Crippen molar-refractivity contribution in [3.05, 3.63) is 23.8 Å². The van der Waals surface area contributed by atoms with E-state index in [-0.39, 0.29) is 5.54 Å². The molecular weight excluding hydrogens is 242 g/mol. The molecule has 0 atom stereocenters. The van der Waals surface area contributed by atoms with Crippen LogP contribution in [0, 0.1) is 6.92 Å². The summed E-state index contributed by atoms with van der Waals surface area (Å²) in [6, 6.07) is 1.88. The zero-order valence-electron chi connectivity index (χ0n) is 12.0. The lowest BCUT2D eigenvalue weighted by Crippen LogP contribution is -2.36. The van der Waals surface area contributed by atoms with Crippen LogP contribution in [-0.4, -0.2) is 22.3 Å². The average molecular weight is 263 g/mol. The molecule has 2 heterocycles. The molecule has 0 bridgehead atoms. The Morgan fingerprint density at radius 3 is 2.68 bits per heavy atom. The molecule has 0 aliphatic rings. The third-order valence-corrected chi connectivity index (χ3v) is 2.75. The smallest absolute Gasteiger partial charge is 0.283 e. The van der Waals surface area contributed by atoms with Gasteiger partial charge in [0, 0.05) is 17.5 Å². The van der Waals surface area contributed by atoms with Gasteiger partial charge >= 0.3 is 0 Å². The lowest BCUT2D eigenvalue weighted by atomic mass is 10.1. The quantitative estimate of drug-likeness (QED) is 0.840. The van der Waals surface area contributed by atoms with E-state index < -0.39 is 0 Å². The van der Waals surface area contributed by atoms with Gasteiger partial charge in [-0.3, -0.25) is 0 Å². The molecule has 0 fully saturated rings. The van der Waals surface area contributed by atoms with E-state index in [1.807, 2.05) is 13.0 Å². The molecule has 0 aromatic carbocycles. The zero-order valence-corrected chi connectivity index (χ0v) is 12.0. The number of nitrogens with one attached hydrogen (secondary N) is 1. The summed E-state index contributed by atoms with van der Waals surface area (Å²) in [5.74, 6) is 1.77. The Hall–Kier alpha value is -1.62. The average Bonchev–Trinajstić information content (AvgIpc) is 2.91. The second kappa shape index (κ2) is 5.57. The second-order valence-electron chi connectivity index (χ2n) is 5.71. The van der Waals surface area contributed by atoms with Crippen LogP contribution in [0.25, 0.3) is 11.7 Å². The van der Waals surface area contributed by atoms with Crippen LogP contribution in [0.15, 0.2) is 21.2 Å². The number of hydrogen-bond acceptors (Lipinski definition) is 5. The van der Waals surface area contributed by atoms with Gasteiger partial charge in [0.2, 0.25) is 5.89 Å². The molecule has 2 rings (SSSR count). The predicted molar refractivity (Wildman–Crippen MR) is 72.8 cm³/mol. The van der Waals surface area contributed by atoms with Gasteiger partial charge in [-0.1, -0.05) is 0 Å². The van der Waals surface area contributed by atoms with E-state index in [2.05, 4.69) is 36.3 Å². The minimum atomic E-state index is 0.144. The molecule has 2 aromatic heterocycles. The van der Waals surface area contributed by atoms with Crippen molar-refractivity contribution >= 4 is 0 Å². The standard InChI is InChI=1S/C14H21N3O2/c1-10-7-9-18-12(10)13-17-16-11(19-13)6-5-8-15-14(2,3)4/h7,9,15H,5-6,8H2,1-4H3. The zero-order chi connectivity index (χ0) is 13.9. The van der Waals surface area contributed by atoms with E-state index >= 15 is 0 Å². The van der Waals surface area contributed by atoms with E-state index in [9.17, 15) is 0 Å². The molecule has 0 saturated heterocycles. The fraction of sp³-hybridized carbons (Fsp3) is 0.571. The highest BCUT2D eigenvalue weighted by Crippen LogP contribution is 2.22. The van der Waals surface area contributed by atoms with Crippen LogP contribution >= 0.6 is 0 Å². The third kappa shape index (κ3) is 3.92. The van der Waals surface area contributed by atoms with Crippen LogP contribution < -0.4 is 5.32 Å². The van der Waals surface area contributed by atoms with Gasteiger partial charge in [0.1, 0.15) is 0 Å². The van der Waals surface area contributed by atoms with Crippen molar-refractivity contribution in [2.24, 2.45) is 0 Å². The Bertz CT molecular complexity index is 523. The van der Waals surface area contributed by atoms with E-state index in [0.717, 1.165) is 24.9 Å². The SMILES string of the molecule is Cc1ccoc1-c1nnc(CCCNC(C)(C)C)o1. The summed E-state index contributed by atoms with van der Waals surface area (Å²) in [5, 5.41) is 11.5. The fourth-order valence-electron chi connectivity index (χ4n) is 1.74. The molecule has 0 aliphatic carbocycles. The van der Waals surface area contributed by atoms with Gasteiger partial charge < -0.3 is 14.2 Å². The van der Waals surface area contributed by atoms with Gasteiger partial charge in [-0.15, -0.1) is 10.2 Å². The second-order valence-corrected chi connectivity index (χ2v) is 5.71. The Morgan fingerprint density at radius 1 is 1.26 bits per heavy atom. The van der Waals surface area contributed by atoms with Crippen LogP contribution in [-0.2, 0) is 6.42 Å². The first-order chi connectivity index (χ1) is 8.96. The summed E-state index contributed by atoms with van der Waals surface area (Å²) < 4.78 is 10.9. The summed E-state index contributed by atoms with van der Waals surface area (Å²) in [6.45, 7) is 9.34. The number of rotatable bonds is 5. The van der Waals surface area contributed by atoms with Crippen molar-refractivity contribution in [3.63, 3.8) is 0 Å². The summed E-state index contributed by atoms with van der Waals surface area (Å²) in [6.07, 6.45) is 3.37. The van der Waals surface area contributed by atoms with E-state index in [4.69, 9.17) is 8.83 Å². The Labute approximate surface area is 113 Å². The molecule has 0 spiro atoms. The van der Waals surface area contributed by atoms with Crippen LogP contribution in [0.3, 0.4) is 0 Å². The van der Waals surface area contributed by atoms with Crippen LogP contribution in [0.1, 0.15) is 38.6 Å². The van der Waals surface area contributed by atoms with Crippen molar-refractivity contribution in [1.82, 2.24) is 15.5 Å². The first kappa shape index (κ1) is 13.8. The molecule has 2 aromatic rings. The maximum Gasteiger partial charge on any atom is 0.283 e. The highest BCUT2D eigenvalue weighted by Gasteiger charge is 2.14. The largest absolute Gasteiger partial charge is 0.459 e. The van der Waals surface area contributed by atoms with Gasteiger partial charge in [0.25, 0.3) is 5.89 Å². The monoisotopic (exact) mass is 263 g/mol. The van der Waals surface area contributed by atoms with Crippen molar-refractivity contribution in [2.75, 3.05) is 6.54 Å². The number of hydrogen-bond donors (Lipinski definition) is 1. The normalized spacial score (nSPS) is 12.0. The lowest BCUT2D eigenvalue weighted by Gasteiger charge is -2.19. The van der Waals surface area contributed by atoms with Crippen molar-refractivity contribution < 1.29 is 8.83 Å². The summed E-state index contributed by atoms with van der Waals surface area (Å²) in [7, 11) is 0. The molecule has 5 nitrogen and oxygen atoms in total. The fourth-order valence-corrected chi connectivity index (χ4v) is 1.74. The molecule has 0 saturated carbocycles. The molecule has 0 aliphatic heterocycles. The Kier molecular flexibility index (Phi) is 4.04. The highest BCUT2D eigenvalue weighted by atomic mass is 16.4. The van der Waals surface area contributed by atoms with Crippen LogP contribution in [0.2, 0.25) is 0 Å². The summed E-state index contributed by atoms with van der Waals surface area (Å²) in [5.41, 5.74) is 1.15. The van der Waals surface area contributed by atoms with Crippen molar-refractivity contribution in [2.45, 2.75) is 46.1 Å². The van der Waals surface area contributed by atoms with Crippen molar-refractivity contribution in [1.29, 1.82) is 0 Å². The molecule has 19 heavy (non-hydrogen) atoms. The maximum atomic E-state index is 5.60. The highest BCUT2D eigenvalue weighted by molar-refractivity contribution is 5.49. The van der Waals surface area contributed by atoms with Gasteiger partial charge in [-0.25, -0.2) is 0 Å². The molecule has 0 amide bonds. The lowest BCUT2D eigenvalue weighted by molar-refractivity contribution is 0.411. The minimum Gasteiger partial charge on any atom is -0.459 e. The third-order valence-electron chi connectivity index (χ3n) is 2.75. The maximum absolute atomic E-state index is 5.60. The number of aromatic nitrogens is 2. The summed E-state index contributed by atoms with van der Waals surface area (Å²) >= 11 is 0. The number of nitrogens with zero attached hydrogens (tertiary/aromatic N) is 2. The van der Waals surface area contributed by atoms with Gasteiger partial charge in [0.05, 0.1) is 6.26 Å². The molecule has 1 N–H and O–H groups in total. The first-order valence-corrected chi connectivity index (χ1v) is 6.57. The topological polar surface area (TPSA) is 64.1 Å². The minimum absolute atomic E-state index is 0.144. The van der Waals surface area contributed by atoms with Gasteiger partial charge in [0.15, 0.2) is 5.76 Å². The van der Waals surface area contributed by atoms with Crippen LogP contribution in [0.5, 0.6) is 0 Å². The van der Waals surface area contributed by atoms with E-state index in [1.54, 1.807) is 6.26 Å². The Morgan fingerprint density at radius 2 is 2.05 bits per heavy atom. The first-order valence-electron chi connectivity index (χ1n) is 6.57. The van der Waals surface area contributed by atoms with E-state index in [1.165, 1.54) is 0 Å². The predicted octanol–water partition coefficient (Wildman–Crippen LogP) is 2.96. The number of aryl methyl sites for hydroxylation is 2. The van der Waals surface area contributed by atoms with E-state index in [0.29, 0.717) is 17.5 Å². The molecule has 104 valence electrons. The Balaban J connectivity index is 1.87. The van der Waals surface area contributed by atoms with Crippen LogP contribution in [0.4, 0.5) is 0 Å².